The number of halogens is 17. The highest BCUT2D eigenvalue weighted by Gasteiger charge is 2.95. The van der Waals surface area contributed by atoms with Gasteiger partial charge in [-0.05, 0) is 18.6 Å². The Morgan fingerprint density at radius 3 is 1.51 bits per heavy atom. The molecule has 1 rings (SSSR count). The van der Waals surface area contributed by atoms with Crippen LogP contribution in [0, 0.1) is 0 Å². The number of benzene rings is 1. The van der Waals surface area contributed by atoms with Crippen molar-refractivity contribution in [2.75, 3.05) is 13.7 Å². The highest BCUT2D eigenvalue weighted by Crippen LogP contribution is 2.64. The van der Waals surface area contributed by atoms with Gasteiger partial charge in [-0.2, -0.15) is 74.6 Å². The van der Waals surface area contributed by atoms with Gasteiger partial charge in [0.1, 0.15) is 11.5 Å². The van der Waals surface area contributed by atoms with Crippen LogP contribution in [-0.4, -0.2) is 67.6 Å². The van der Waals surface area contributed by atoms with Crippen molar-refractivity contribution >= 4 is 6.29 Å². The lowest BCUT2D eigenvalue weighted by atomic mass is 9.88. The minimum absolute atomic E-state index is 0.0606. The second kappa shape index (κ2) is 10.4. The maximum atomic E-state index is 13.8. The Hall–Kier alpha value is -2.70. The molecule has 226 valence electrons. The molecule has 0 aromatic heterocycles. The summed E-state index contributed by atoms with van der Waals surface area (Å²) in [7, 11) is 1.06. The van der Waals surface area contributed by atoms with Gasteiger partial charge in [-0.25, -0.2) is 0 Å². The molecule has 0 heterocycles. The number of carbonyl (C=O) groups excluding carboxylic acids is 1. The van der Waals surface area contributed by atoms with Gasteiger partial charge in [0.05, 0.1) is 19.3 Å². The smallest absolute Gasteiger partial charge is 0.460 e. The predicted molar refractivity (Wildman–Crippen MR) is 93.8 cm³/mol. The molecule has 1 aromatic rings. The molecule has 0 spiro atoms. The van der Waals surface area contributed by atoms with Crippen LogP contribution in [0.3, 0.4) is 0 Å². The number of carbonyl (C=O) groups is 1. The minimum Gasteiger partial charge on any atom is -0.496 e. The first-order valence-corrected chi connectivity index (χ1v) is 9.68. The molecule has 0 amide bonds. The Morgan fingerprint density at radius 1 is 0.667 bits per heavy atom. The van der Waals surface area contributed by atoms with Crippen molar-refractivity contribution in [2.45, 2.75) is 60.5 Å². The van der Waals surface area contributed by atoms with E-state index < -0.39 is 67.1 Å². The van der Waals surface area contributed by atoms with Gasteiger partial charge in [0.2, 0.25) is 0 Å². The quantitative estimate of drug-likeness (QED) is 0.130. The van der Waals surface area contributed by atoms with Crippen LogP contribution < -0.4 is 9.47 Å². The van der Waals surface area contributed by atoms with Gasteiger partial charge in [0.15, 0.2) is 6.29 Å². The van der Waals surface area contributed by atoms with Crippen LogP contribution in [0.15, 0.2) is 18.2 Å². The first-order chi connectivity index (χ1) is 17.2. The fourth-order valence-electron chi connectivity index (χ4n) is 2.72. The van der Waals surface area contributed by atoms with E-state index >= 15 is 0 Å². The molecule has 0 atom stereocenters. The number of methoxy groups -OCH3 is 1. The zero-order valence-corrected chi connectivity index (χ0v) is 18.6. The Bertz CT molecular complexity index is 1020. The molecule has 3 nitrogen and oxygen atoms in total. The zero-order chi connectivity index (χ0) is 31.1. The molecule has 39 heavy (non-hydrogen) atoms. The number of alkyl halides is 17. The lowest BCUT2D eigenvalue weighted by Gasteiger charge is -2.42. The summed E-state index contributed by atoms with van der Waals surface area (Å²) in [6, 6.07) is 2.99. The van der Waals surface area contributed by atoms with Crippen LogP contribution in [0.2, 0.25) is 0 Å². The average molecular weight is 612 g/mol. The molecule has 0 N–H and O–H groups in total. The molecule has 0 radical (unpaired) electrons. The third-order valence-electron chi connectivity index (χ3n) is 5.02. The maximum absolute atomic E-state index is 13.8. The molecular weight excluding hydrogens is 599 g/mol. The van der Waals surface area contributed by atoms with Crippen molar-refractivity contribution in [1.29, 1.82) is 0 Å². The van der Waals surface area contributed by atoms with Crippen LogP contribution in [0.1, 0.15) is 23.2 Å². The number of rotatable bonds is 13. The summed E-state index contributed by atoms with van der Waals surface area (Å²) < 4.78 is 234. The number of ether oxygens (including phenoxy) is 2. The summed E-state index contributed by atoms with van der Waals surface area (Å²) in [4.78, 5) is 10.8. The summed E-state index contributed by atoms with van der Waals surface area (Å²) in [5.74, 6) is -57.0. The van der Waals surface area contributed by atoms with Gasteiger partial charge < -0.3 is 9.47 Å². The molecule has 0 saturated heterocycles. The normalized spacial score (nSPS) is 14.8. The van der Waals surface area contributed by atoms with Crippen LogP contribution in [0.4, 0.5) is 74.6 Å². The van der Waals surface area contributed by atoms with E-state index in [1.165, 1.54) is 0 Å². The monoisotopic (exact) mass is 612 g/mol. The van der Waals surface area contributed by atoms with Crippen LogP contribution >= 0.6 is 0 Å². The Balaban J connectivity index is 3.22. The van der Waals surface area contributed by atoms with Crippen molar-refractivity contribution in [1.82, 2.24) is 0 Å². The van der Waals surface area contributed by atoms with Gasteiger partial charge >= 0.3 is 47.6 Å². The van der Waals surface area contributed by atoms with Crippen LogP contribution in [0.25, 0.3) is 0 Å². The van der Waals surface area contributed by atoms with Crippen molar-refractivity contribution in [2.24, 2.45) is 0 Å². The Morgan fingerprint density at radius 2 is 1.10 bits per heavy atom. The molecule has 0 saturated carbocycles. The van der Waals surface area contributed by atoms with E-state index in [4.69, 9.17) is 9.47 Å². The van der Waals surface area contributed by atoms with Gasteiger partial charge in [-0.3, -0.25) is 4.79 Å². The standard InChI is InChI=1S/C19H13F17O3/c1-38-11-7-10(4-3-9(11)8-37)39-6-2-5-12(20,21)13(22,23)14(24,25)15(26,27)16(28,29)17(30,31)18(32,33)19(34,35)36/h3-4,7-8H,2,5-6H2,1H3. The Labute approximate surface area is 205 Å². The second-order valence-corrected chi connectivity index (χ2v) is 7.62. The van der Waals surface area contributed by atoms with Gasteiger partial charge in [-0.15, -0.1) is 0 Å². The lowest BCUT2D eigenvalue weighted by molar-refractivity contribution is -0.461. The summed E-state index contributed by atoms with van der Waals surface area (Å²) >= 11 is 0. The lowest BCUT2D eigenvalue weighted by Crippen LogP contribution is -2.74. The van der Waals surface area contributed by atoms with Crippen molar-refractivity contribution in [3.8, 4) is 11.5 Å². The highest BCUT2D eigenvalue weighted by molar-refractivity contribution is 5.79. The molecule has 0 aliphatic rings. The maximum Gasteiger partial charge on any atom is 0.460 e. The van der Waals surface area contributed by atoms with Gasteiger partial charge in [0.25, 0.3) is 0 Å². The molecule has 1 aromatic carbocycles. The summed E-state index contributed by atoms with van der Waals surface area (Å²) in [6.45, 7) is -1.11. The van der Waals surface area contributed by atoms with Crippen molar-refractivity contribution < 1.29 is 88.9 Å². The number of hydrogen-bond acceptors (Lipinski definition) is 3. The van der Waals surface area contributed by atoms with Crippen molar-refractivity contribution in [3.05, 3.63) is 23.8 Å². The van der Waals surface area contributed by atoms with E-state index in [1.807, 2.05) is 0 Å². The number of aldehydes is 1. The topological polar surface area (TPSA) is 35.5 Å². The van der Waals surface area contributed by atoms with E-state index in [-0.39, 0.29) is 17.1 Å². The summed E-state index contributed by atoms with van der Waals surface area (Å²) in [5.41, 5.74) is -0.0606. The first kappa shape index (κ1) is 34.3. The average Bonchev–Trinajstić information content (AvgIpc) is 2.80. The highest BCUT2D eigenvalue weighted by atomic mass is 19.4. The van der Waals surface area contributed by atoms with E-state index in [9.17, 15) is 79.4 Å². The first-order valence-electron chi connectivity index (χ1n) is 9.68. The fraction of sp³-hybridized carbons (Fsp3) is 0.632. The molecule has 0 aliphatic carbocycles. The largest absolute Gasteiger partial charge is 0.496 e. The van der Waals surface area contributed by atoms with Crippen LogP contribution in [-0.2, 0) is 0 Å². The van der Waals surface area contributed by atoms with E-state index in [2.05, 4.69) is 0 Å². The second-order valence-electron chi connectivity index (χ2n) is 7.62. The molecular formula is C19H13F17O3. The van der Waals surface area contributed by atoms with Gasteiger partial charge in [0, 0.05) is 12.5 Å². The predicted octanol–water partition coefficient (Wildman–Crippen LogP) is 7.68. The fourth-order valence-corrected chi connectivity index (χ4v) is 2.72. The molecule has 0 aliphatic heterocycles. The van der Waals surface area contributed by atoms with Crippen molar-refractivity contribution in [3.63, 3.8) is 0 Å². The minimum atomic E-state index is -8.65. The SMILES string of the molecule is COc1cc(OCCCC(F)(F)C(F)(F)C(F)(F)C(F)(F)C(F)(F)C(F)(F)C(F)(F)C(F)(F)F)ccc1C=O. The number of hydrogen-bond donors (Lipinski definition) is 0. The molecule has 0 fully saturated rings. The Kier molecular flexibility index (Phi) is 9.12. The molecule has 20 heteroatoms. The molecule has 0 bridgehead atoms. The van der Waals surface area contributed by atoms with E-state index in [0.717, 1.165) is 25.3 Å². The zero-order valence-electron chi connectivity index (χ0n) is 18.6. The van der Waals surface area contributed by atoms with E-state index in [1.54, 1.807) is 0 Å². The summed E-state index contributed by atoms with van der Waals surface area (Å²) in [5, 5.41) is 0. The van der Waals surface area contributed by atoms with Gasteiger partial charge in [-0.1, -0.05) is 0 Å². The third-order valence-corrected chi connectivity index (χ3v) is 5.02. The molecule has 0 unspecified atom stereocenters. The third kappa shape index (κ3) is 5.38. The van der Waals surface area contributed by atoms with E-state index in [0.29, 0.717) is 6.29 Å². The summed E-state index contributed by atoms with van der Waals surface area (Å²) in [6.07, 6.45) is -11.6. The van der Waals surface area contributed by atoms with Crippen LogP contribution in [0.5, 0.6) is 11.5 Å².